The molecule has 3 fully saturated rings. The summed E-state index contributed by atoms with van der Waals surface area (Å²) in [7, 11) is 0. The molecule has 1 aliphatic heterocycles. The van der Waals surface area contributed by atoms with E-state index in [0.29, 0.717) is 23.2 Å². The van der Waals surface area contributed by atoms with Gasteiger partial charge in [-0.15, -0.1) is 0 Å². The number of rotatable bonds is 4. The van der Waals surface area contributed by atoms with Gasteiger partial charge in [-0.2, -0.15) is 0 Å². The zero-order chi connectivity index (χ0) is 19.3. The molecule has 3 aliphatic rings. The quantitative estimate of drug-likeness (QED) is 0.701. The van der Waals surface area contributed by atoms with Crippen molar-refractivity contribution in [1.82, 2.24) is 4.90 Å². The predicted molar refractivity (Wildman–Crippen MR) is 113 cm³/mol. The summed E-state index contributed by atoms with van der Waals surface area (Å²) >= 11 is 6.19. The van der Waals surface area contributed by atoms with Gasteiger partial charge in [0.05, 0.1) is 5.41 Å². The van der Waals surface area contributed by atoms with E-state index in [0.717, 1.165) is 42.4 Å². The normalized spacial score (nSPS) is 25.7. The van der Waals surface area contributed by atoms with Crippen LogP contribution in [0.3, 0.4) is 0 Å². The van der Waals surface area contributed by atoms with E-state index >= 15 is 0 Å². The van der Waals surface area contributed by atoms with Gasteiger partial charge in [0.1, 0.15) is 5.84 Å². The third-order valence-electron chi connectivity index (χ3n) is 6.84. The summed E-state index contributed by atoms with van der Waals surface area (Å²) in [6.07, 6.45) is 7.13. The number of amidine groups is 1. The first-order valence-corrected chi connectivity index (χ1v) is 10.7. The second-order valence-corrected chi connectivity index (χ2v) is 9.01. The van der Waals surface area contributed by atoms with Crippen LogP contribution in [-0.4, -0.2) is 22.7 Å². The van der Waals surface area contributed by atoms with Crippen molar-refractivity contribution < 1.29 is 4.79 Å². The van der Waals surface area contributed by atoms with E-state index in [4.69, 9.17) is 17.0 Å². The van der Waals surface area contributed by atoms with E-state index in [-0.39, 0.29) is 11.9 Å². The number of carbonyl (C=O) groups is 1. The summed E-state index contributed by atoms with van der Waals surface area (Å²) in [6, 6.07) is 16.5. The Hall–Kier alpha value is -2.13. The van der Waals surface area contributed by atoms with E-state index in [1.807, 2.05) is 29.2 Å². The smallest absolute Gasteiger partial charge is 0.239 e. The molecule has 144 valence electrons. The molecule has 0 spiro atoms. The number of hydrogen-bond acceptors (Lipinski definition) is 2. The summed E-state index contributed by atoms with van der Waals surface area (Å²) in [5.74, 6) is 1.06. The first kappa shape index (κ1) is 17.9. The highest BCUT2D eigenvalue weighted by Crippen LogP contribution is 2.54. The molecule has 2 saturated carbocycles. The van der Waals surface area contributed by atoms with Crippen LogP contribution < -0.4 is 0 Å². The first-order valence-electron chi connectivity index (χ1n) is 10.4. The van der Waals surface area contributed by atoms with Gasteiger partial charge < -0.3 is 0 Å². The molecule has 2 aromatic carbocycles. The van der Waals surface area contributed by atoms with Crippen LogP contribution >= 0.6 is 11.6 Å². The van der Waals surface area contributed by atoms with Gasteiger partial charge in [-0.05, 0) is 60.4 Å². The van der Waals surface area contributed by atoms with Gasteiger partial charge in [-0.1, -0.05) is 60.8 Å². The zero-order valence-electron chi connectivity index (χ0n) is 16.0. The number of nitrogens with one attached hydrogen (secondary N) is 1. The van der Waals surface area contributed by atoms with E-state index < -0.39 is 5.41 Å². The molecular formula is C24H25ClN2O. The summed E-state index contributed by atoms with van der Waals surface area (Å²) in [5, 5.41) is 9.37. The molecule has 0 radical (unpaired) electrons. The van der Waals surface area contributed by atoms with Crippen LogP contribution in [0.4, 0.5) is 0 Å². The topological polar surface area (TPSA) is 44.2 Å². The predicted octanol–water partition coefficient (Wildman–Crippen LogP) is 5.81. The van der Waals surface area contributed by atoms with E-state index in [1.165, 1.54) is 12.8 Å². The molecule has 0 bridgehead atoms. The Kier molecular flexibility index (Phi) is 4.31. The average Bonchev–Trinajstić information content (AvgIpc) is 3.35. The van der Waals surface area contributed by atoms with Crippen LogP contribution in [0.25, 0.3) is 11.1 Å². The Morgan fingerprint density at radius 3 is 2.32 bits per heavy atom. The monoisotopic (exact) mass is 392 g/mol. The maximum atomic E-state index is 13.8. The third-order valence-corrected chi connectivity index (χ3v) is 7.07. The van der Waals surface area contributed by atoms with Crippen molar-refractivity contribution in [3.05, 3.63) is 59.1 Å². The highest BCUT2D eigenvalue weighted by Gasteiger charge is 2.59. The SMILES string of the molecule is N=C1CC(c2cccc(-c3cccc(Cl)c3)c2)(C2CC2)C(=O)N1C1CCCC1. The third kappa shape index (κ3) is 2.79. The number of benzene rings is 2. The molecule has 1 N–H and O–H groups in total. The van der Waals surface area contributed by atoms with Crippen LogP contribution in [0.5, 0.6) is 0 Å². The Morgan fingerprint density at radius 1 is 0.964 bits per heavy atom. The molecule has 3 nitrogen and oxygen atoms in total. The van der Waals surface area contributed by atoms with Crippen LogP contribution in [-0.2, 0) is 10.2 Å². The Morgan fingerprint density at radius 2 is 1.64 bits per heavy atom. The van der Waals surface area contributed by atoms with E-state index in [1.54, 1.807) is 0 Å². The largest absolute Gasteiger partial charge is 0.297 e. The van der Waals surface area contributed by atoms with Gasteiger partial charge in [-0.3, -0.25) is 15.1 Å². The summed E-state index contributed by atoms with van der Waals surface area (Å²) in [6.45, 7) is 0. The Labute approximate surface area is 171 Å². The highest BCUT2D eigenvalue weighted by molar-refractivity contribution is 6.30. The van der Waals surface area contributed by atoms with Gasteiger partial charge in [-0.25, -0.2) is 0 Å². The van der Waals surface area contributed by atoms with Crippen molar-refractivity contribution in [3.8, 4) is 11.1 Å². The van der Waals surface area contributed by atoms with Crippen molar-refractivity contribution in [1.29, 1.82) is 5.41 Å². The van der Waals surface area contributed by atoms with Crippen LogP contribution in [0, 0.1) is 11.3 Å². The summed E-state index contributed by atoms with van der Waals surface area (Å²) < 4.78 is 0. The fourth-order valence-electron chi connectivity index (χ4n) is 5.31. The van der Waals surface area contributed by atoms with Crippen LogP contribution in [0.2, 0.25) is 5.02 Å². The minimum atomic E-state index is -0.547. The molecular weight excluding hydrogens is 368 g/mol. The van der Waals surface area contributed by atoms with Gasteiger partial charge >= 0.3 is 0 Å². The Balaban J connectivity index is 1.57. The maximum Gasteiger partial charge on any atom is 0.239 e. The number of likely N-dealkylation sites (tertiary alicyclic amines) is 1. The fraction of sp³-hybridized carbons (Fsp3) is 0.417. The number of hydrogen-bond donors (Lipinski definition) is 1. The fourth-order valence-corrected chi connectivity index (χ4v) is 5.50. The highest BCUT2D eigenvalue weighted by atomic mass is 35.5. The van der Waals surface area contributed by atoms with E-state index in [9.17, 15) is 4.79 Å². The summed E-state index contributed by atoms with van der Waals surface area (Å²) in [5.41, 5.74) is 2.67. The molecule has 5 rings (SSSR count). The first-order chi connectivity index (χ1) is 13.6. The molecule has 4 heteroatoms. The van der Waals surface area contributed by atoms with Crippen LogP contribution in [0.15, 0.2) is 48.5 Å². The average molecular weight is 393 g/mol. The van der Waals surface area contributed by atoms with Crippen molar-refractivity contribution in [2.75, 3.05) is 0 Å². The van der Waals surface area contributed by atoms with Crippen molar-refractivity contribution >= 4 is 23.3 Å². The second kappa shape index (κ2) is 6.73. The van der Waals surface area contributed by atoms with Crippen molar-refractivity contribution in [3.63, 3.8) is 0 Å². The van der Waals surface area contributed by atoms with Gasteiger partial charge in [0.25, 0.3) is 0 Å². The summed E-state index contributed by atoms with van der Waals surface area (Å²) in [4.78, 5) is 15.6. The molecule has 1 unspecified atom stereocenters. The lowest BCUT2D eigenvalue weighted by molar-refractivity contribution is -0.133. The lowest BCUT2D eigenvalue weighted by Gasteiger charge is -2.30. The van der Waals surface area contributed by atoms with Gasteiger partial charge in [0.15, 0.2) is 0 Å². The van der Waals surface area contributed by atoms with Crippen LogP contribution in [0.1, 0.15) is 50.5 Å². The molecule has 2 aliphatic carbocycles. The van der Waals surface area contributed by atoms with Gasteiger partial charge in [0, 0.05) is 17.5 Å². The lowest BCUT2D eigenvalue weighted by Crippen LogP contribution is -2.44. The molecule has 1 amide bonds. The Bertz CT molecular complexity index is 945. The number of halogens is 1. The molecule has 28 heavy (non-hydrogen) atoms. The molecule has 0 aromatic heterocycles. The van der Waals surface area contributed by atoms with Crippen molar-refractivity contribution in [2.45, 2.75) is 56.4 Å². The van der Waals surface area contributed by atoms with Gasteiger partial charge in [0.2, 0.25) is 5.91 Å². The van der Waals surface area contributed by atoms with Crippen molar-refractivity contribution in [2.24, 2.45) is 5.92 Å². The lowest BCUT2D eigenvalue weighted by atomic mass is 9.73. The number of amides is 1. The zero-order valence-corrected chi connectivity index (χ0v) is 16.7. The number of nitrogens with zero attached hydrogens (tertiary/aromatic N) is 1. The molecule has 1 saturated heterocycles. The second-order valence-electron chi connectivity index (χ2n) is 8.57. The minimum absolute atomic E-state index is 0.176. The molecule has 1 heterocycles. The van der Waals surface area contributed by atoms with E-state index in [2.05, 4.69) is 24.3 Å². The molecule has 2 aromatic rings. The minimum Gasteiger partial charge on any atom is -0.297 e. The number of carbonyl (C=O) groups excluding carboxylic acids is 1. The maximum absolute atomic E-state index is 13.8. The molecule has 1 atom stereocenters. The standard InChI is InChI=1S/C24H25ClN2O/c25-20-8-4-6-17(14-20)16-5-3-7-19(13-16)24(18-11-12-18)15-22(26)27(23(24)28)21-9-1-2-10-21/h3-8,13-14,18,21,26H,1-2,9-12,15H2.